The number of nitrogens with one attached hydrogen (secondary N) is 5. The predicted octanol–water partition coefficient (Wildman–Crippen LogP) is 2.50. The lowest BCUT2D eigenvalue weighted by molar-refractivity contribution is -0.137. The fourth-order valence-corrected chi connectivity index (χ4v) is 4.80. The van der Waals surface area contributed by atoms with E-state index in [0.29, 0.717) is 25.8 Å². The number of aliphatic hydroxyl groups is 1. The van der Waals surface area contributed by atoms with Gasteiger partial charge in [0.1, 0.15) is 18.1 Å². The van der Waals surface area contributed by atoms with E-state index in [1.54, 1.807) is 27.7 Å². The predicted molar refractivity (Wildman–Crippen MR) is 178 cm³/mol. The second-order valence-corrected chi connectivity index (χ2v) is 13.1. The molecule has 0 aromatic rings. The summed E-state index contributed by atoms with van der Waals surface area (Å²) in [6.07, 6.45) is -0.469. The average molecular weight is 658 g/mol. The molecule has 0 radical (unpaired) electrons. The van der Waals surface area contributed by atoms with E-state index in [0.717, 1.165) is 0 Å². The molecule has 268 valence electrons. The molecule has 0 saturated carbocycles. The Morgan fingerprint density at radius 2 is 1.26 bits per heavy atom. The highest BCUT2D eigenvalue weighted by Crippen LogP contribution is 2.15. The standard InChI is InChI=1S/C32H59N5O8.CH4/c1-10-21(9)29(37-30(43)23(16-19(5)6)34-25(39)13-12-14-27(41)42)32(45)35-22(15-18(3)4)24(38)17-26(40)36-28(20(7)8)31(44)33-11-2;/h18-24,28-29,38H,10-17H2,1-9H3,(H,33,44)(H,34,39)(H,35,45)(H,36,40)(H,37,43)(H,41,42);1H4/t21-,22-,23-,24-,28-,29-;/m0./s1. The van der Waals surface area contributed by atoms with Crippen LogP contribution in [0.25, 0.3) is 0 Å². The van der Waals surface area contributed by atoms with E-state index >= 15 is 0 Å². The third-order valence-corrected chi connectivity index (χ3v) is 7.48. The van der Waals surface area contributed by atoms with Crippen molar-refractivity contribution in [2.24, 2.45) is 23.7 Å². The Labute approximate surface area is 276 Å². The zero-order valence-corrected chi connectivity index (χ0v) is 28.7. The van der Waals surface area contributed by atoms with Crippen molar-refractivity contribution in [3.05, 3.63) is 0 Å². The van der Waals surface area contributed by atoms with Crippen molar-refractivity contribution in [1.82, 2.24) is 26.6 Å². The molecule has 0 rings (SSSR count). The van der Waals surface area contributed by atoms with Crippen LogP contribution in [0.5, 0.6) is 0 Å². The third kappa shape index (κ3) is 18.1. The summed E-state index contributed by atoms with van der Waals surface area (Å²) in [6, 6.07) is -3.50. The number of aliphatic hydroxyl groups excluding tert-OH is 1. The maximum absolute atomic E-state index is 13.6. The van der Waals surface area contributed by atoms with E-state index in [4.69, 9.17) is 5.11 Å². The van der Waals surface area contributed by atoms with Gasteiger partial charge in [0, 0.05) is 19.4 Å². The third-order valence-electron chi connectivity index (χ3n) is 7.48. The lowest BCUT2D eigenvalue weighted by Crippen LogP contribution is -2.58. The van der Waals surface area contributed by atoms with E-state index in [1.807, 2.05) is 34.6 Å². The Balaban J connectivity index is 0. The van der Waals surface area contributed by atoms with Gasteiger partial charge in [0.25, 0.3) is 0 Å². The van der Waals surface area contributed by atoms with Gasteiger partial charge in [0.15, 0.2) is 0 Å². The number of hydrogen-bond donors (Lipinski definition) is 7. The summed E-state index contributed by atoms with van der Waals surface area (Å²) < 4.78 is 0. The SMILES string of the molecule is C.CCNC(=O)[C@@H](NC(=O)C[C@H](O)[C@H](CC(C)C)NC(=O)[C@@H](NC(=O)[C@H](CC(C)C)NC(=O)CCCC(=O)O)[C@@H](C)CC)C(C)C. The number of carboxylic acids is 1. The van der Waals surface area contributed by atoms with E-state index in [9.17, 15) is 33.9 Å². The van der Waals surface area contributed by atoms with Crippen molar-refractivity contribution >= 4 is 35.5 Å². The molecule has 0 aromatic carbocycles. The summed E-state index contributed by atoms with van der Waals surface area (Å²) in [5.74, 6) is -3.77. The van der Waals surface area contributed by atoms with Gasteiger partial charge in [-0.15, -0.1) is 0 Å². The van der Waals surface area contributed by atoms with Crippen molar-refractivity contribution in [2.75, 3.05) is 6.54 Å². The van der Waals surface area contributed by atoms with Gasteiger partial charge in [-0.3, -0.25) is 28.8 Å². The molecular formula is C33H63N5O8. The Bertz CT molecular complexity index is 972. The van der Waals surface area contributed by atoms with Crippen LogP contribution in [-0.2, 0) is 28.8 Å². The number of rotatable bonds is 22. The Morgan fingerprint density at radius 1 is 0.674 bits per heavy atom. The van der Waals surface area contributed by atoms with Gasteiger partial charge in [-0.25, -0.2) is 0 Å². The van der Waals surface area contributed by atoms with E-state index < -0.39 is 59.9 Å². The summed E-state index contributed by atoms with van der Waals surface area (Å²) in [4.78, 5) is 75.5. The summed E-state index contributed by atoms with van der Waals surface area (Å²) >= 11 is 0. The minimum Gasteiger partial charge on any atom is -0.481 e. The van der Waals surface area contributed by atoms with Crippen molar-refractivity contribution in [3.63, 3.8) is 0 Å². The highest BCUT2D eigenvalue weighted by atomic mass is 16.4. The van der Waals surface area contributed by atoms with Gasteiger partial charge in [-0.05, 0) is 49.9 Å². The van der Waals surface area contributed by atoms with Crippen LogP contribution in [0.1, 0.15) is 115 Å². The van der Waals surface area contributed by atoms with Crippen molar-refractivity contribution in [3.8, 4) is 0 Å². The monoisotopic (exact) mass is 657 g/mol. The summed E-state index contributed by atoms with van der Waals surface area (Å²) in [6.45, 7) is 17.1. The van der Waals surface area contributed by atoms with E-state index in [2.05, 4.69) is 26.6 Å². The molecule has 0 aliphatic rings. The van der Waals surface area contributed by atoms with Crippen LogP contribution < -0.4 is 26.6 Å². The van der Waals surface area contributed by atoms with Gasteiger partial charge >= 0.3 is 5.97 Å². The summed E-state index contributed by atoms with van der Waals surface area (Å²) in [5, 5.41) is 33.6. The molecule has 0 unspecified atom stereocenters. The molecule has 13 nitrogen and oxygen atoms in total. The maximum atomic E-state index is 13.6. The number of amides is 5. The quantitative estimate of drug-likeness (QED) is 0.0920. The van der Waals surface area contributed by atoms with Crippen molar-refractivity contribution in [2.45, 2.75) is 145 Å². The van der Waals surface area contributed by atoms with Crippen LogP contribution in [0.2, 0.25) is 0 Å². The molecule has 0 spiro atoms. The number of carboxylic acid groups (broad SMARTS) is 1. The first kappa shape index (κ1) is 44.9. The molecule has 5 amide bonds. The largest absolute Gasteiger partial charge is 0.481 e. The number of carbonyl (C=O) groups is 6. The minimum absolute atomic E-state index is 0. The fraction of sp³-hybridized carbons (Fsp3) is 0.818. The molecular weight excluding hydrogens is 594 g/mol. The molecule has 0 bridgehead atoms. The zero-order chi connectivity index (χ0) is 34.9. The lowest BCUT2D eigenvalue weighted by atomic mass is 9.93. The first-order valence-corrected chi connectivity index (χ1v) is 16.3. The van der Waals surface area contributed by atoms with E-state index in [1.165, 1.54) is 0 Å². The minimum atomic E-state index is -1.26. The normalized spacial score (nSPS) is 15.1. The molecule has 0 heterocycles. The fourth-order valence-electron chi connectivity index (χ4n) is 4.80. The van der Waals surface area contributed by atoms with Crippen LogP contribution in [-0.4, -0.2) is 82.5 Å². The highest BCUT2D eigenvalue weighted by Gasteiger charge is 2.34. The van der Waals surface area contributed by atoms with Crippen LogP contribution in [0.3, 0.4) is 0 Å². The number of carbonyl (C=O) groups excluding carboxylic acids is 5. The topological polar surface area (TPSA) is 203 Å². The van der Waals surface area contributed by atoms with Gasteiger partial charge in [-0.2, -0.15) is 0 Å². The average Bonchev–Trinajstić information content (AvgIpc) is 2.92. The Hall–Kier alpha value is -3.22. The first-order valence-electron chi connectivity index (χ1n) is 16.3. The highest BCUT2D eigenvalue weighted by molar-refractivity contribution is 5.92. The Morgan fingerprint density at radius 3 is 1.74 bits per heavy atom. The maximum Gasteiger partial charge on any atom is 0.303 e. The number of likely N-dealkylation sites (N-methyl/N-ethyl adjacent to an activating group) is 1. The van der Waals surface area contributed by atoms with Crippen molar-refractivity contribution < 1.29 is 39.0 Å². The zero-order valence-electron chi connectivity index (χ0n) is 28.7. The first-order chi connectivity index (χ1) is 20.9. The smallest absolute Gasteiger partial charge is 0.303 e. The molecule has 6 atom stereocenters. The molecule has 0 aromatic heterocycles. The second-order valence-electron chi connectivity index (χ2n) is 13.1. The lowest BCUT2D eigenvalue weighted by Gasteiger charge is -2.31. The number of hydrogen-bond acceptors (Lipinski definition) is 7. The molecule has 0 aliphatic heterocycles. The van der Waals surface area contributed by atoms with Crippen LogP contribution >= 0.6 is 0 Å². The molecule has 13 heteroatoms. The van der Waals surface area contributed by atoms with Gasteiger partial charge in [0.05, 0.1) is 18.6 Å². The Kier molecular flexibility index (Phi) is 22.6. The van der Waals surface area contributed by atoms with E-state index in [-0.39, 0.29) is 62.7 Å². The molecule has 46 heavy (non-hydrogen) atoms. The number of aliphatic carboxylic acids is 1. The molecule has 0 saturated heterocycles. The molecule has 7 N–H and O–H groups in total. The van der Waals surface area contributed by atoms with Gasteiger partial charge in [-0.1, -0.05) is 69.2 Å². The molecule has 0 fully saturated rings. The second kappa shape index (κ2) is 23.2. The van der Waals surface area contributed by atoms with Crippen molar-refractivity contribution in [1.29, 1.82) is 0 Å². The van der Waals surface area contributed by atoms with Crippen LogP contribution in [0, 0.1) is 23.7 Å². The summed E-state index contributed by atoms with van der Waals surface area (Å²) in [5.41, 5.74) is 0. The molecule has 0 aliphatic carbocycles. The summed E-state index contributed by atoms with van der Waals surface area (Å²) in [7, 11) is 0. The van der Waals surface area contributed by atoms with Crippen LogP contribution in [0.4, 0.5) is 0 Å². The van der Waals surface area contributed by atoms with Gasteiger partial charge in [0.2, 0.25) is 29.5 Å². The van der Waals surface area contributed by atoms with Crippen LogP contribution in [0.15, 0.2) is 0 Å². The van der Waals surface area contributed by atoms with Gasteiger partial charge < -0.3 is 36.8 Å².